The molecule has 0 N–H and O–H groups in total. The van der Waals surface area contributed by atoms with E-state index in [9.17, 15) is 12.6 Å². The molecule has 0 aliphatic heterocycles. The van der Waals surface area contributed by atoms with Gasteiger partial charge in [-0.1, -0.05) is 50.2 Å². The Morgan fingerprint density at radius 1 is 1.04 bits per heavy atom. The number of benzene rings is 2. The highest BCUT2D eigenvalue weighted by molar-refractivity contribution is 8.10. The Balaban J connectivity index is 2.31. The highest BCUT2D eigenvalue weighted by atomic mass is 32.2. The Morgan fingerprint density at radius 3 is 2.35 bits per heavy atom. The molecule has 0 radical (unpaired) electrons. The largest absolute Gasteiger partial charge is 0.268 e. The second kappa shape index (κ2) is 7.98. The lowest BCUT2D eigenvalue weighted by Crippen LogP contribution is -2.19. The van der Waals surface area contributed by atoms with E-state index in [1.54, 1.807) is 36.4 Å². The number of nitrogens with zero attached hydrogens (tertiary/aromatic N) is 1. The van der Waals surface area contributed by atoms with Crippen LogP contribution in [0.25, 0.3) is 10.9 Å². The molecule has 2 atom stereocenters. The maximum atomic E-state index is 13.4. The molecule has 0 saturated carbocycles. The van der Waals surface area contributed by atoms with Crippen LogP contribution in [-0.4, -0.2) is 28.1 Å². The van der Waals surface area contributed by atoms with E-state index in [4.69, 9.17) is 0 Å². The summed E-state index contributed by atoms with van der Waals surface area (Å²) in [6.07, 6.45) is 0. The summed E-state index contributed by atoms with van der Waals surface area (Å²) < 4.78 is 40.5. The molecule has 1 aromatic heterocycles. The van der Waals surface area contributed by atoms with E-state index in [0.717, 1.165) is 11.1 Å². The molecular formula is C19H21NO3S3. The van der Waals surface area contributed by atoms with Crippen LogP contribution in [0, 0.1) is 0 Å². The molecule has 26 heavy (non-hydrogen) atoms. The third-order valence-corrected chi connectivity index (χ3v) is 9.03. The van der Waals surface area contributed by atoms with Crippen LogP contribution >= 0.6 is 11.8 Å². The quantitative estimate of drug-likeness (QED) is 0.582. The number of thioether (sulfide) groups is 1. The van der Waals surface area contributed by atoms with Crippen LogP contribution in [-0.2, 0) is 20.8 Å². The fourth-order valence-corrected chi connectivity index (χ4v) is 7.40. The number of rotatable bonds is 7. The van der Waals surface area contributed by atoms with Gasteiger partial charge in [-0.3, -0.25) is 4.21 Å². The van der Waals surface area contributed by atoms with Crippen molar-refractivity contribution in [3.8, 4) is 0 Å². The third-order valence-electron chi connectivity index (χ3n) is 4.06. The molecular weight excluding hydrogens is 386 g/mol. The van der Waals surface area contributed by atoms with Gasteiger partial charge >= 0.3 is 0 Å². The van der Waals surface area contributed by atoms with Gasteiger partial charge in [0.2, 0.25) is 0 Å². The second-order valence-corrected chi connectivity index (χ2v) is 10.9. The van der Waals surface area contributed by atoms with Crippen molar-refractivity contribution in [1.82, 2.24) is 3.97 Å². The average molecular weight is 408 g/mol. The average Bonchev–Trinajstić information content (AvgIpc) is 3.06. The zero-order chi connectivity index (χ0) is 18.7. The van der Waals surface area contributed by atoms with Crippen molar-refractivity contribution in [1.29, 1.82) is 0 Å². The molecule has 0 saturated heterocycles. The fraction of sp³-hybridized carbons (Fsp3) is 0.263. The summed E-state index contributed by atoms with van der Waals surface area (Å²) in [6.45, 7) is 3.85. The summed E-state index contributed by atoms with van der Waals surface area (Å²) in [5.74, 6) is 1.23. The molecule has 4 nitrogen and oxygen atoms in total. The van der Waals surface area contributed by atoms with E-state index in [1.807, 2.05) is 38.1 Å². The minimum atomic E-state index is -3.79. The van der Waals surface area contributed by atoms with Gasteiger partial charge in [-0.2, -0.15) is 0 Å². The van der Waals surface area contributed by atoms with Crippen molar-refractivity contribution < 1.29 is 12.6 Å². The second-order valence-electron chi connectivity index (χ2n) is 5.67. The first-order valence-corrected chi connectivity index (χ1v) is 12.3. The summed E-state index contributed by atoms with van der Waals surface area (Å²) in [5.41, 5.74) is 1.18. The lowest BCUT2D eigenvalue weighted by molar-refractivity contribution is 0.587. The predicted octanol–water partition coefficient (Wildman–Crippen LogP) is 4.40. The molecule has 2 aromatic carbocycles. The van der Waals surface area contributed by atoms with E-state index in [2.05, 4.69) is 0 Å². The van der Waals surface area contributed by atoms with Crippen molar-refractivity contribution in [2.24, 2.45) is 0 Å². The molecule has 0 aliphatic rings. The van der Waals surface area contributed by atoms with E-state index < -0.39 is 25.4 Å². The van der Waals surface area contributed by atoms with E-state index in [-0.39, 0.29) is 4.90 Å². The van der Waals surface area contributed by atoms with Crippen LogP contribution in [0.5, 0.6) is 0 Å². The Hall–Kier alpha value is -1.57. The molecule has 138 valence electrons. The van der Waals surface area contributed by atoms with Crippen LogP contribution in [0.4, 0.5) is 0 Å². The summed E-state index contributed by atoms with van der Waals surface area (Å²) in [7, 11) is -4.96. The van der Waals surface area contributed by atoms with Crippen LogP contribution in [0.2, 0.25) is 0 Å². The smallest absolute Gasteiger partial charge is 0.258 e. The summed E-state index contributed by atoms with van der Waals surface area (Å²) in [5, 5.41) is 0.830. The van der Waals surface area contributed by atoms with Gasteiger partial charge in [0.25, 0.3) is 10.0 Å². The molecule has 0 amide bonds. The number of hydrogen-bond acceptors (Lipinski definition) is 4. The Bertz CT molecular complexity index is 1030. The summed E-state index contributed by atoms with van der Waals surface area (Å²) in [4.78, 5) is 0.227. The lowest BCUT2D eigenvalue weighted by atomic mass is 10.2. The maximum Gasteiger partial charge on any atom is 0.268 e. The Kier molecular flexibility index (Phi) is 5.89. The summed E-state index contributed by atoms with van der Waals surface area (Å²) in [6, 6.07) is 17.6. The normalized spacial score (nSPS) is 14.4. The fourth-order valence-electron chi connectivity index (χ4n) is 2.88. The maximum absolute atomic E-state index is 13.4. The number of para-hydroxylation sites is 1. The van der Waals surface area contributed by atoms with Crippen molar-refractivity contribution in [2.45, 2.75) is 23.3 Å². The van der Waals surface area contributed by atoms with Crippen molar-refractivity contribution in [3.63, 3.8) is 0 Å². The zero-order valence-electron chi connectivity index (χ0n) is 14.7. The molecule has 0 spiro atoms. The van der Waals surface area contributed by atoms with E-state index in [1.165, 1.54) is 15.7 Å². The van der Waals surface area contributed by atoms with Gasteiger partial charge in [-0.05, 0) is 30.0 Å². The van der Waals surface area contributed by atoms with Gasteiger partial charge in [-0.25, -0.2) is 12.4 Å². The van der Waals surface area contributed by atoms with E-state index in [0.29, 0.717) is 17.0 Å². The number of hydrogen-bond donors (Lipinski definition) is 0. The molecule has 2 unspecified atom stereocenters. The van der Waals surface area contributed by atoms with Crippen LogP contribution in [0.3, 0.4) is 0 Å². The topological polar surface area (TPSA) is 56.1 Å². The van der Waals surface area contributed by atoms with Gasteiger partial charge < -0.3 is 0 Å². The molecule has 0 aliphatic carbocycles. The third kappa shape index (κ3) is 3.48. The zero-order valence-corrected chi connectivity index (χ0v) is 17.1. The van der Waals surface area contributed by atoms with Crippen LogP contribution < -0.4 is 0 Å². The first-order valence-electron chi connectivity index (χ1n) is 8.40. The van der Waals surface area contributed by atoms with E-state index >= 15 is 0 Å². The van der Waals surface area contributed by atoms with Crippen molar-refractivity contribution >= 4 is 43.5 Å². The van der Waals surface area contributed by atoms with Crippen molar-refractivity contribution in [3.05, 3.63) is 66.4 Å². The first kappa shape index (κ1) is 19.2. The summed E-state index contributed by atoms with van der Waals surface area (Å²) >= 11 is 1.52. The van der Waals surface area contributed by atoms with Crippen LogP contribution in [0.1, 0.15) is 24.1 Å². The first-order chi connectivity index (χ1) is 12.5. The standard InChI is InChI=1S/C19H21NO3S3/c1-3-24-19(25(21)4-2)18-14-15-10-8-9-13-17(15)20(18)26(22,23)16-11-6-5-7-12-16/h5-14,19H,3-4H2,1-2H3. The Labute approximate surface area is 161 Å². The molecule has 3 aromatic rings. The highest BCUT2D eigenvalue weighted by Crippen LogP contribution is 2.37. The molecule has 7 heteroatoms. The Morgan fingerprint density at radius 2 is 1.69 bits per heavy atom. The molecule has 0 fully saturated rings. The monoisotopic (exact) mass is 407 g/mol. The van der Waals surface area contributed by atoms with Gasteiger partial charge in [0.05, 0.1) is 16.1 Å². The van der Waals surface area contributed by atoms with Gasteiger partial charge in [0.15, 0.2) is 0 Å². The number of aromatic nitrogens is 1. The minimum Gasteiger partial charge on any atom is -0.258 e. The molecule has 0 bridgehead atoms. The minimum absolute atomic E-state index is 0.227. The van der Waals surface area contributed by atoms with Crippen molar-refractivity contribution in [2.75, 3.05) is 11.5 Å². The van der Waals surface area contributed by atoms with Crippen LogP contribution in [0.15, 0.2) is 65.6 Å². The lowest BCUT2D eigenvalue weighted by Gasteiger charge is -2.18. The van der Waals surface area contributed by atoms with Gasteiger partial charge in [0.1, 0.15) is 4.58 Å². The highest BCUT2D eigenvalue weighted by Gasteiger charge is 2.29. The van der Waals surface area contributed by atoms with Gasteiger partial charge in [-0.15, -0.1) is 11.8 Å². The molecule has 3 rings (SSSR count). The van der Waals surface area contributed by atoms with Gasteiger partial charge in [0, 0.05) is 21.9 Å². The predicted molar refractivity (Wildman–Crippen MR) is 111 cm³/mol. The SMILES string of the molecule is CCSC(c1cc2ccccc2n1S(=O)(=O)c1ccccc1)S(=O)CC. The number of fused-ring (bicyclic) bond motifs is 1. The molecule has 1 heterocycles.